The number of nitrogens with one attached hydrogen (secondary N) is 2. The van der Waals surface area contributed by atoms with Crippen LogP contribution in [0.1, 0.15) is 39.5 Å². The lowest BCUT2D eigenvalue weighted by molar-refractivity contribution is -0.133. The van der Waals surface area contributed by atoms with Crippen LogP contribution in [0, 0.1) is 5.41 Å². The Morgan fingerprint density at radius 2 is 2.06 bits per heavy atom. The third kappa shape index (κ3) is 4.05. The van der Waals surface area contributed by atoms with E-state index in [1.54, 1.807) is 6.26 Å². The van der Waals surface area contributed by atoms with Gasteiger partial charge in [-0.05, 0) is 39.3 Å². The Hall–Kier alpha value is -0.420. The minimum Gasteiger partial charge on any atom is -0.354 e. The summed E-state index contributed by atoms with van der Waals surface area (Å²) in [7, 11) is -0.876. The van der Waals surface area contributed by atoms with E-state index in [1.807, 2.05) is 6.92 Å². The number of rotatable bonds is 6. The molecule has 0 radical (unpaired) electrons. The average molecular weight is 274 g/mol. The highest BCUT2D eigenvalue weighted by atomic mass is 32.2. The second-order valence-corrected chi connectivity index (χ2v) is 7.10. The average Bonchev–Trinajstić information content (AvgIpc) is 2.36. The van der Waals surface area contributed by atoms with Gasteiger partial charge in [0.2, 0.25) is 5.91 Å². The topological polar surface area (TPSA) is 58.2 Å². The zero-order chi connectivity index (χ0) is 13.6. The molecule has 1 aliphatic heterocycles. The Kier molecular flexibility index (Phi) is 6.29. The first kappa shape index (κ1) is 15.6. The van der Waals surface area contributed by atoms with Crippen molar-refractivity contribution < 1.29 is 9.00 Å². The molecule has 1 aliphatic rings. The molecule has 0 aromatic heterocycles. The first-order valence-electron chi connectivity index (χ1n) is 6.83. The molecule has 2 N–H and O–H groups in total. The van der Waals surface area contributed by atoms with Crippen LogP contribution >= 0.6 is 0 Å². The van der Waals surface area contributed by atoms with Crippen molar-refractivity contribution in [2.24, 2.45) is 5.41 Å². The number of carbonyl (C=O) groups excluding carboxylic acids is 1. The molecule has 2 atom stereocenters. The van der Waals surface area contributed by atoms with Gasteiger partial charge in [-0.1, -0.05) is 13.3 Å². The lowest BCUT2D eigenvalue weighted by Gasteiger charge is -2.36. The molecule has 0 aliphatic carbocycles. The number of piperidine rings is 1. The molecule has 106 valence electrons. The predicted molar refractivity (Wildman–Crippen MR) is 76.0 cm³/mol. The van der Waals surface area contributed by atoms with Gasteiger partial charge in [-0.25, -0.2) is 0 Å². The van der Waals surface area contributed by atoms with Crippen molar-refractivity contribution in [3.05, 3.63) is 0 Å². The zero-order valence-electron chi connectivity index (χ0n) is 11.8. The third-order valence-corrected chi connectivity index (χ3v) is 5.19. The normalized spacial score (nSPS) is 22.2. The number of hydrogen-bond donors (Lipinski definition) is 2. The molecule has 18 heavy (non-hydrogen) atoms. The second kappa shape index (κ2) is 7.24. The van der Waals surface area contributed by atoms with Gasteiger partial charge in [0, 0.05) is 28.9 Å². The summed E-state index contributed by atoms with van der Waals surface area (Å²) in [5.74, 6) is 0.156. The van der Waals surface area contributed by atoms with Crippen LogP contribution < -0.4 is 10.6 Å². The largest absolute Gasteiger partial charge is 0.354 e. The van der Waals surface area contributed by atoms with E-state index in [2.05, 4.69) is 17.6 Å². The van der Waals surface area contributed by atoms with Gasteiger partial charge in [0.1, 0.15) is 0 Å². The Balaban J connectivity index is 2.57. The minimum absolute atomic E-state index is 0.0225. The van der Waals surface area contributed by atoms with E-state index < -0.39 is 10.8 Å². The van der Waals surface area contributed by atoms with Gasteiger partial charge in [-0.15, -0.1) is 0 Å². The monoisotopic (exact) mass is 274 g/mol. The maximum atomic E-state index is 12.4. The summed E-state index contributed by atoms with van der Waals surface area (Å²) in [4.78, 5) is 12.4. The summed E-state index contributed by atoms with van der Waals surface area (Å²) in [6.45, 7) is 6.39. The van der Waals surface area contributed by atoms with E-state index in [9.17, 15) is 9.00 Å². The fraction of sp³-hybridized carbons (Fsp3) is 0.923. The highest BCUT2D eigenvalue weighted by Crippen LogP contribution is 2.34. The van der Waals surface area contributed by atoms with Crippen molar-refractivity contribution in [1.82, 2.24) is 10.6 Å². The summed E-state index contributed by atoms with van der Waals surface area (Å²) in [5.41, 5.74) is -0.199. The molecule has 5 heteroatoms. The molecule has 4 nitrogen and oxygen atoms in total. The van der Waals surface area contributed by atoms with Crippen molar-refractivity contribution in [2.75, 3.05) is 25.9 Å². The second-order valence-electron chi connectivity index (χ2n) is 5.30. The van der Waals surface area contributed by atoms with E-state index in [1.165, 1.54) is 0 Å². The van der Waals surface area contributed by atoms with Crippen molar-refractivity contribution in [2.45, 2.75) is 44.8 Å². The van der Waals surface area contributed by atoms with Gasteiger partial charge in [-0.2, -0.15) is 0 Å². The highest BCUT2D eigenvalue weighted by Gasteiger charge is 2.38. The van der Waals surface area contributed by atoms with E-state index in [-0.39, 0.29) is 16.6 Å². The molecule has 2 unspecified atom stereocenters. The van der Waals surface area contributed by atoms with Crippen LogP contribution in [0.25, 0.3) is 0 Å². The van der Waals surface area contributed by atoms with Crippen LogP contribution in [0.4, 0.5) is 0 Å². The van der Waals surface area contributed by atoms with Gasteiger partial charge in [0.15, 0.2) is 0 Å². The Labute approximate surface area is 113 Å². The van der Waals surface area contributed by atoms with Gasteiger partial charge >= 0.3 is 0 Å². The van der Waals surface area contributed by atoms with Crippen LogP contribution in [0.2, 0.25) is 0 Å². The first-order valence-corrected chi connectivity index (χ1v) is 8.45. The van der Waals surface area contributed by atoms with Crippen molar-refractivity contribution in [1.29, 1.82) is 0 Å². The summed E-state index contributed by atoms with van der Waals surface area (Å²) >= 11 is 0. The van der Waals surface area contributed by atoms with E-state index in [0.717, 1.165) is 38.8 Å². The summed E-state index contributed by atoms with van der Waals surface area (Å²) in [6, 6.07) is 0. The van der Waals surface area contributed by atoms with Crippen LogP contribution in [0.3, 0.4) is 0 Å². The quantitative estimate of drug-likeness (QED) is 0.761. The lowest BCUT2D eigenvalue weighted by Crippen LogP contribution is -2.49. The lowest BCUT2D eigenvalue weighted by atomic mass is 9.74. The molecular weight excluding hydrogens is 248 g/mol. The highest BCUT2D eigenvalue weighted by molar-refractivity contribution is 7.84. The number of amides is 1. The zero-order valence-corrected chi connectivity index (χ0v) is 12.6. The molecule has 1 saturated heterocycles. The Morgan fingerprint density at radius 1 is 1.44 bits per heavy atom. The van der Waals surface area contributed by atoms with Crippen LogP contribution in [0.5, 0.6) is 0 Å². The molecule has 0 saturated carbocycles. The molecule has 1 amide bonds. The van der Waals surface area contributed by atoms with Gasteiger partial charge in [0.25, 0.3) is 0 Å². The van der Waals surface area contributed by atoms with Gasteiger partial charge in [-0.3, -0.25) is 9.00 Å². The molecule has 1 fully saturated rings. The fourth-order valence-electron chi connectivity index (χ4n) is 2.52. The summed E-state index contributed by atoms with van der Waals surface area (Å²) in [5, 5.41) is 6.33. The van der Waals surface area contributed by atoms with E-state index in [0.29, 0.717) is 6.54 Å². The first-order chi connectivity index (χ1) is 8.52. The van der Waals surface area contributed by atoms with Crippen LogP contribution in [-0.2, 0) is 15.6 Å². The smallest absolute Gasteiger partial charge is 0.226 e. The third-order valence-electron chi connectivity index (χ3n) is 3.89. The molecule has 0 bridgehead atoms. The fourth-order valence-corrected chi connectivity index (χ4v) is 2.83. The molecule has 1 heterocycles. The molecule has 0 aromatic rings. The van der Waals surface area contributed by atoms with Crippen LogP contribution in [0.15, 0.2) is 0 Å². The number of carbonyl (C=O) groups is 1. The van der Waals surface area contributed by atoms with E-state index >= 15 is 0 Å². The van der Waals surface area contributed by atoms with Gasteiger partial charge in [0.05, 0.1) is 5.41 Å². The maximum Gasteiger partial charge on any atom is 0.226 e. The van der Waals surface area contributed by atoms with E-state index in [4.69, 9.17) is 0 Å². The predicted octanol–water partition coefficient (Wildman–Crippen LogP) is 1.04. The molecule has 1 rings (SSSR count). The SMILES string of the molecule is CCCC1(C(=O)NCC(C)S(C)=O)CCNCC1. The van der Waals surface area contributed by atoms with Gasteiger partial charge < -0.3 is 10.6 Å². The number of hydrogen-bond acceptors (Lipinski definition) is 3. The minimum atomic E-state index is -0.876. The Bertz CT molecular complexity index is 296. The van der Waals surface area contributed by atoms with Crippen molar-refractivity contribution in [3.8, 4) is 0 Å². The molecule has 0 aromatic carbocycles. The standard InChI is InChI=1S/C13H26N2O2S/c1-4-5-13(6-8-14-9-7-13)12(16)15-10-11(2)18(3)17/h11,14H,4-10H2,1-3H3,(H,15,16). The Morgan fingerprint density at radius 3 is 2.56 bits per heavy atom. The van der Waals surface area contributed by atoms with Crippen molar-refractivity contribution >= 4 is 16.7 Å². The van der Waals surface area contributed by atoms with Crippen LogP contribution in [-0.4, -0.2) is 41.3 Å². The molecular formula is C13H26N2O2S. The molecule has 0 spiro atoms. The summed E-state index contributed by atoms with van der Waals surface area (Å²) in [6.07, 6.45) is 5.49. The summed E-state index contributed by atoms with van der Waals surface area (Å²) < 4.78 is 11.3. The van der Waals surface area contributed by atoms with Crippen molar-refractivity contribution in [3.63, 3.8) is 0 Å². The maximum absolute atomic E-state index is 12.4.